The molecule has 1 aromatic carbocycles. The van der Waals surface area contributed by atoms with Gasteiger partial charge in [0.05, 0.1) is 36.0 Å². The molecule has 1 aliphatic heterocycles. The maximum atomic E-state index is 12.5. The van der Waals surface area contributed by atoms with Crippen molar-refractivity contribution in [1.82, 2.24) is 40.9 Å². The van der Waals surface area contributed by atoms with Crippen molar-refractivity contribution in [3.8, 4) is 0 Å². The third-order valence-electron chi connectivity index (χ3n) is 10.1. The van der Waals surface area contributed by atoms with Crippen molar-refractivity contribution in [2.45, 2.75) is 86.9 Å². The van der Waals surface area contributed by atoms with Gasteiger partial charge in [-0.3, -0.25) is 38.8 Å². The topological polar surface area (TPSA) is 322 Å². The van der Waals surface area contributed by atoms with Crippen LogP contribution in [0.4, 0.5) is 5.69 Å². The number of Topliss-reactive ketones (excluding diaryl/α,β-unsaturated/α-hetero) is 1. The predicted molar refractivity (Wildman–Crippen MR) is 265 cm³/mol. The Balaban J connectivity index is -0.00000436. The van der Waals surface area contributed by atoms with E-state index in [9.17, 15) is 58.8 Å². The number of nitrogens with one attached hydrogen (secondary N) is 5. The van der Waals surface area contributed by atoms with E-state index in [1.54, 1.807) is 43.5 Å². The number of anilines is 1. The Morgan fingerprint density at radius 2 is 1.17 bits per heavy atom. The Labute approximate surface area is 459 Å². The van der Waals surface area contributed by atoms with Crippen LogP contribution in [0, 0.1) is 39.9 Å². The van der Waals surface area contributed by atoms with Crippen LogP contribution in [0.15, 0.2) is 24.3 Å². The largest absolute Gasteiger partial charge is 3.00 e. The molecule has 0 saturated carbocycles. The summed E-state index contributed by atoms with van der Waals surface area (Å²) in [4.78, 5) is 101. The van der Waals surface area contributed by atoms with E-state index in [0.29, 0.717) is 35.4 Å². The predicted octanol–water partition coefficient (Wildman–Crippen LogP) is -3.55. The maximum absolute atomic E-state index is 12.5. The number of hydrogen-bond donors (Lipinski definition) is 6. The molecule has 0 bridgehead atoms. The Bertz CT molecular complexity index is 1760. The van der Waals surface area contributed by atoms with Gasteiger partial charge in [0.25, 0.3) is 0 Å². The first-order chi connectivity index (χ1) is 30.8. The molecule has 1 radical (unpaired) electrons. The van der Waals surface area contributed by atoms with E-state index in [0.717, 1.165) is 5.56 Å². The molecule has 2 rings (SSSR count). The van der Waals surface area contributed by atoms with Crippen molar-refractivity contribution in [2.75, 3.05) is 109 Å². The van der Waals surface area contributed by atoms with Crippen LogP contribution in [-0.4, -0.2) is 199 Å². The van der Waals surface area contributed by atoms with Crippen molar-refractivity contribution in [1.29, 1.82) is 0 Å². The number of amides is 2. The van der Waals surface area contributed by atoms with Crippen LogP contribution in [0.3, 0.4) is 0 Å². The minimum atomic E-state index is -1.38. The number of rotatable bonds is 28. The third kappa shape index (κ3) is 33.4. The number of ketones is 1. The second-order valence-electron chi connectivity index (χ2n) is 15.2. The fraction of sp³-hybridized carbons (Fsp3) is 0.659. The summed E-state index contributed by atoms with van der Waals surface area (Å²) in [5.74, 6) is -6.32. The van der Waals surface area contributed by atoms with Crippen molar-refractivity contribution >= 4 is 92.0 Å². The van der Waals surface area contributed by atoms with Crippen LogP contribution in [-0.2, 0) is 44.8 Å². The van der Waals surface area contributed by atoms with Crippen molar-refractivity contribution in [3.63, 3.8) is 0 Å². The van der Waals surface area contributed by atoms with Gasteiger partial charge in [-0.15, -0.1) is 0 Å². The summed E-state index contributed by atoms with van der Waals surface area (Å²) in [6.07, 6.45) is 0.207. The summed E-state index contributed by atoms with van der Waals surface area (Å²) in [5, 5.41) is 70.2. The first kappa shape index (κ1) is 73.2. The van der Waals surface area contributed by atoms with Gasteiger partial charge >= 0.3 is 45.9 Å². The number of hydrogen-bond acceptors (Lipinski definition) is 20. The monoisotopic (exact) mass is 1190 g/mol. The maximum Gasteiger partial charge on any atom is 3.00 e. The zero-order chi connectivity index (χ0) is 48.3. The van der Waals surface area contributed by atoms with Gasteiger partial charge in [0.2, 0.25) is 11.8 Å². The van der Waals surface area contributed by atoms with Crippen LogP contribution in [0.25, 0.3) is 0 Å². The van der Waals surface area contributed by atoms with E-state index in [-0.39, 0.29) is 159 Å². The first-order valence-electron chi connectivity index (χ1n) is 20.9. The molecule has 26 heteroatoms. The Morgan fingerprint density at radius 1 is 0.700 bits per heavy atom. The van der Waals surface area contributed by atoms with E-state index < -0.39 is 80.1 Å². The standard InChI is InChI=1S/C40H63N9O13S3.4CH4.Gd/c1-27(50)31(45-39(62)32(41-2)8-10-34(52)53)7-9-33(51)42-11-19-64-65-20-12-43-40(63)44-29-5-3-28(4-6-29)21-30-22-48(25-37(58)59)16-15-46(23-35(54)55)13-14-47(24-36(56)57)17-18-49(30)26-38(60)61;;;;;/h3-6,30-32,41H,7-26H2,1-2H3,(H,42,51)(H,45,62)(H,52,53)(H,54,55)(H,56,57)(H,58,59)(H,60,61)(H2,43,44,63);4*1H4;/q;;;;;+3/p-4. The molecule has 6 N–H and O–H groups in total. The van der Waals surface area contributed by atoms with Crippen molar-refractivity contribution in [3.05, 3.63) is 29.8 Å². The molecule has 1 aromatic rings. The Hall–Kier alpha value is -3.31. The number of nitrogens with zero attached hydrogens (tertiary/aromatic N) is 4. The van der Waals surface area contributed by atoms with E-state index in [4.69, 9.17) is 17.3 Å². The number of carboxylic acid groups (broad SMARTS) is 5. The van der Waals surface area contributed by atoms with Crippen LogP contribution < -0.4 is 47.0 Å². The van der Waals surface area contributed by atoms with Gasteiger partial charge in [0, 0.05) is 121 Å². The van der Waals surface area contributed by atoms with Gasteiger partial charge < -0.3 is 71.3 Å². The zero-order valence-electron chi connectivity index (χ0n) is 36.9. The SMILES string of the molecule is C.C.C.C.CNC(CCC(=O)O)C(=O)NC(CCC(=O)NCCSSCCNC(=S)Nc1ccc(CC2CN(CC(=O)[O-])CCN(CC(=O)[O-])CCN(CC(=O)[O-])CCN2CC(=O)[O-])cc1)C(C)=O.[Gd+3]. The fourth-order valence-corrected chi connectivity index (χ4v) is 8.77. The normalized spacial score (nSPS) is 15.5. The average Bonchev–Trinajstić information content (AvgIpc) is 3.21. The molecule has 3 atom stereocenters. The molecule has 0 aromatic heterocycles. The van der Waals surface area contributed by atoms with Crippen molar-refractivity contribution in [2.24, 2.45) is 0 Å². The van der Waals surface area contributed by atoms with E-state index in [1.807, 2.05) is 12.1 Å². The molecular weight excluding hydrogens is 1120 g/mol. The second-order valence-corrected chi connectivity index (χ2v) is 18.3. The molecule has 22 nitrogen and oxygen atoms in total. The summed E-state index contributed by atoms with van der Waals surface area (Å²) in [6.45, 7) is 0.960. The summed E-state index contributed by atoms with van der Waals surface area (Å²) in [6, 6.07) is 4.91. The number of thiocarbonyl (C=S) groups is 1. The molecule has 3 unspecified atom stereocenters. The second kappa shape index (κ2) is 41.2. The molecule has 0 spiro atoms. The minimum absolute atomic E-state index is 0. The number of carboxylic acids is 5. The third-order valence-corrected chi connectivity index (χ3v) is 12.7. The number of likely N-dealkylation sites (N-methyl/N-ethyl adjacent to an activating group) is 1. The Morgan fingerprint density at radius 3 is 1.66 bits per heavy atom. The molecule has 401 valence electrons. The van der Waals surface area contributed by atoms with Gasteiger partial charge in [0.1, 0.15) is 0 Å². The fourth-order valence-electron chi connectivity index (χ4n) is 6.74. The molecule has 1 saturated heterocycles. The minimum Gasteiger partial charge on any atom is -0.549 e. The van der Waals surface area contributed by atoms with E-state index in [2.05, 4.69) is 26.6 Å². The number of carbonyl (C=O) groups excluding carboxylic acids is 7. The van der Waals surface area contributed by atoms with Crippen LogP contribution in [0.5, 0.6) is 0 Å². The van der Waals surface area contributed by atoms with Gasteiger partial charge in [0.15, 0.2) is 10.9 Å². The van der Waals surface area contributed by atoms with Gasteiger partial charge in [-0.05, 0) is 63.1 Å². The number of carbonyl (C=O) groups is 8. The first-order valence-corrected chi connectivity index (χ1v) is 23.8. The zero-order valence-corrected chi connectivity index (χ0v) is 41.6. The smallest absolute Gasteiger partial charge is 0.549 e. The summed E-state index contributed by atoms with van der Waals surface area (Å²) >= 11 is 5.45. The van der Waals surface area contributed by atoms with E-state index >= 15 is 0 Å². The number of benzene rings is 1. The molecule has 0 aliphatic carbocycles. The van der Waals surface area contributed by atoms with Gasteiger partial charge in [-0.25, -0.2) is 0 Å². The average molecular weight is 1190 g/mol. The molecular formula is C44H75GdN9O13S3-. The molecule has 1 heterocycles. The quantitative estimate of drug-likeness (QED) is 0.0269. The van der Waals surface area contributed by atoms with E-state index in [1.165, 1.54) is 23.8 Å². The van der Waals surface area contributed by atoms with Crippen LogP contribution >= 0.6 is 33.8 Å². The van der Waals surface area contributed by atoms with Crippen LogP contribution in [0.1, 0.15) is 67.9 Å². The Kier molecular flexibility index (Phi) is 43.1. The summed E-state index contributed by atoms with van der Waals surface area (Å²) in [7, 11) is 4.63. The summed E-state index contributed by atoms with van der Waals surface area (Å²) < 4.78 is 0. The van der Waals surface area contributed by atoms with Crippen molar-refractivity contribution < 1.29 is 104 Å². The van der Waals surface area contributed by atoms with Gasteiger partial charge in [-0.2, -0.15) is 0 Å². The molecule has 2 amide bonds. The van der Waals surface area contributed by atoms with Gasteiger partial charge in [-0.1, -0.05) is 63.4 Å². The molecule has 70 heavy (non-hydrogen) atoms. The number of aliphatic carboxylic acids is 5. The summed E-state index contributed by atoms with van der Waals surface area (Å²) in [5.41, 5.74) is 1.44. The van der Waals surface area contributed by atoms with Crippen LogP contribution in [0.2, 0.25) is 0 Å². The molecule has 1 aliphatic rings. The molecule has 1 fully saturated rings.